The second kappa shape index (κ2) is 26.2. The van der Waals surface area contributed by atoms with Gasteiger partial charge in [-0.15, -0.1) is 0 Å². The largest absolute Gasteiger partial charge is 0.239 e. The average Bonchev–Trinajstić information content (AvgIpc) is 3.01. The van der Waals surface area contributed by atoms with Gasteiger partial charge in [0.15, 0.2) is 5.38 Å². The molecular weight excluding hydrogens is 3530 g/mol. The van der Waals surface area contributed by atoms with Gasteiger partial charge in [-0.05, 0) is 31.9 Å². The van der Waals surface area contributed by atoms with Crippen LogP contribution in [0.1, 0.15) is 0 Å². The summed E-state index contributed by atoms with van der Waals surface area (Å²) in [5, 5.41) is 13.4. The van der Waals surface area contributed by atoms with Crippen LogP contribution in [0.2, 0.25) is 0 Å². The van der Waals surface area contributed by atoms with Crippen molar-refractivity contribution in [3.05, 3.63) is 0 Å². The zero-order valence-corrected chi connectivity index (χ0v) is 90.9. The molecule has 0 aliphatic carbocycles. The average molecular weight is 3530 g/mol. The van der Waals surface area contributed by atoms with Gasteiger partial charge >= 0.3 is 0 Å². The lowest BCUT2D eigenvalue weighted by Gasteiger charge is -2.62. The van der Waals surface area contributed by atoms with Gasteiger partial charge in [0.05, 0.1) is 0 Å². The predicted octanol–water partition coefficient (Wildman–Crippen LogP) is 30.4. The Morgan fingerprint density at radius 1 is 0.129 bits per heavy atom. The van der Waals surface area contributed by atoms with Crippen LogP contribution in [0.5, 0.6) is 0 Å². The van der Waals surface area contributed by atoms with E-state index in [1.165, 1.54) is 0 Å². The highest BCUT2D eigenvalue weighted by atomic mass is 80.0. The maximum absolute atomic E-state index is 13.4. The van der Waals surface area contributed by atoms with Crippen LogP contribution in [0.4, 0.5) is 0 Å². The second-order valence-corrected chi connectivity index (χ2v) is 83.4. The lowest BCUT2D eigenvalue weighted by molar-refractivity contribution is 0.137. The molecule has 0 unspecified atom stereocenters. The molecular formula is C20Br41O. The standard InChI is InChI=1S/C20Br41O/c21-1(22,3(25,26)5(29,30)7(33,34)9(37,38)11(41,42)13(45,46)15(49,50)17(53,54)19(57,58)59)2(23,24)4(27,28)6(31,32)8(35,36)10(39,40)12(43,44)14(47,48)16(51,52)18(55,56)20(60,61)62. The smallest absolute Gasteiger partial charge is 0.202 e. The van der Waals surface area contributed by atoms with Crippen LogP contribution in [0.3, 0.4) is 0 Å². The fourth-order valence-electron chi connectivity index (χ4n) is 3.52. The third-order valence-electron chi connectivity index (χ3n) is 7.43. The molecule has 0 heterocycles. The first-order chi connectivity index (χ1) is 25.8. The summed E-state index contributed by atoms with van der Waals surface area (Å²) in [6, 6.07) is 0. The Balaban J connectivity index is 7.98. The first-order valence-electron chi connectivity index (χ1n) is 12.7. The van der Waals surface area contributed by atoms with Gasteiger partial charge in [0.1, 0.15) is 55.0 Å². The number of alkyl halides is 41. The molecule has 373 valence electrons. The molecule has 0 saturated heterocycles. The van der Waals surface area contributed by atoms with Crippen molar-refractivity contribution < 1.29 is 5.11 Å². The summed E-state index contributed by atoms with van der Waals surface area (Å²) in [4.78, 5) is 0. The van der Waals surface area contributed by atoms with Gasteiger partial charge < -0.3 is 0 Å². The van der Waals surface area contributed by atoms with Crippen LogP contribution in [0.25, 0.3) is 0 Å². The molecule has 42 heteroatoms. The maximum atomic E-state index is 13.4. The molecule has 0 fully saturated rings. The van der Waals surface area contributed by atoms with E-state index < -0.39 is 63.8 Å². The highest BCUT2D eigenvalue weighted by Crippen LogP contribution is 2.85. The molecule has 62 heavy (non-hydrogen) atoms. The minimum atomic E-state index is -1.99. The van der Waals surface area contributed by atoms with E-state index in [0.29, 0.717) is 0 Å². The van der Waals surface area contributed by atoms with E-state index in [1.807, 2.05) is 0 Å². The van der Waals surface area contributed by atoms with E-state index in [9.17, 15) is 5.11 Å². The summed E-state index contributed by atoms with van der Waals surface area (Å²) < 4.78 is -27.5. The van der Waals surface area contributed by atoms with Crippen LogP contribution < -0.4 is 0 Å². The minimum absolute atomic E-state index is 0.933. The van der Waals surface area contributed by atoms with Crippen LogP contribution in [-0.2, 0) is 5.11 Å². The molecule has 0 aliphatic heterocycles. The quantitative estimate of drug-likeness (QED) is 0.122. The van der Waals surface area contributed by atoms with Crippen molar-refractivity contribution in [2.45, 2.75) is 63.8 Å². The van der Waals surface area contributed by atoms with Crippen LogP contribution in [0, 0.1) is 0 Å². The molecule has 0 N–H and O–H groups in total. The summed E-state index contributed by atoms with van der Waals surface area (Å²) in [5.74, 6) is 0. The minimum Gasteiger partial charge on any atom is -0.202 e. The summed E-state index contributed by atoms with van der Waals surface area (Å²) in [6.45, 7) is 0. The number of hydrogen-bond acceptors (Lipinski definition) is 0. The molecule has 0 aliphatic rings. The van der Waals surface area contributed by atoms with Gasteiger partial charge in [-0.1, -0.05) is 621 Å². The first kappa shape index (κ1) is 81.6. The molecule has 0 aromatic heterocycles. The van der Waals surface area contributed by atoms with E-state index in [-0.39, 0.29) is 0 Å². The van der Waals surface area contributed by atoms with Gasteiger partial charge in [-0.2, -0.15) is 0 Å². The van der Waals surface area contributed by atoms with Crippen molar-refractivity contribution in [3.63, 3.8) is 0 Å². The Kier molecular flexibility index (Phi) is 34.5. The van der Waals surface area contributed by atoms with E-state index in [1.54, 1.807) is 0 Å². The second-order valence-electron chi connectivity index (χ2n) is 11.4. The first-order valence-corrected chi connectivity index (χ1v) is 45.2. The van der Waals surface area contributed by atoms with Crippen molar-refractivity contribution in [1.29, 1.82) is 0 Å². The maximum Gasteiger partial charge on any atom is 0.239 e. The third-order valence-corrected chi connectivity index (χ3v) is 94.6. The molecule has 0 aromatic rings. The van der Waals surface area contributed by atoms with Crippen molar-refractivity contribution in [2.24, 2.45) is 0 Å². The van der Waals surface area contributed by atoms with Gasteiger partial charge in [0, 0.05) is 0 Å². The number of halogens is 41. The van der Waals surface area contributed by atoms with Gasteiger partial charge in [-0.25, -0.2) is 5.11 Å². The van der Waals surface area contributed by atoms with Gasteiger partial charge in [-0.3, -0.25) is 0 Å². The molecule has 1 nitrogen and oxygen atoms in total. The SMILES string of the molecule is [O]C(Br)(Br)C(Br)(Br)C(Br)(Br)C(Br)(Br)C(Br)(Br)C(Br)(Br)C(Br)(Br)C(Br)(Br)C(Br)(Br)C(Br)(Br)C(Br)(Br)C(Br)(Br)C(Br)(Br)C(Br)(Br)C(Br)(Br)C(Br)(Br)C(Br)(Br)C(Br)(Br)C(Br)(Br)C(Br)(Br)Br. The summed E-state index contributed by atoms with van der Waals surface area (Å²) in [6.07, 6.45) is 0. The monoisotopic (exact) mass is 3490 g/mol. The Hall–Kier alpha value is 19.6. The Morgan fingerprint density at radius 3 is 0.290 bits per heavy atom. The van der Waals surface area contributed by atoms with Crippen molar-refractivity contribution >= 4 is 653 Å². The fourth-order valence-corrected chi connectivity index (χ4v) is 44.9. The molecule has 0 aromatic carbocycles. The van der Waals surface area contributed by atoms with E-state index in [0.717, 1.165) is 0 Å². The topological polar surface area (TPSA) is 19.9 Å². The van der Waals surface area contributed by atoms with E-state index in [4.69, 9.17) is 0 Å². The summed E-state index contributed by atoms with van der Waals surface area (Å²) >= 11 is 159. The Labute approximate surface area is 703 Å². The summed E-state index contributed by atoms with van der Waals surface area (Å²) in [5.41, 5.74) is 0. The lowest BCUT2D eigenvalue weighted by Crippen LogP contribution is -2.74. The molecule has 0 atom stereocenters. The molecule has 1 radical (unpaired) electrons. The fraction of sp³-hybridized carbons (Fsp3) is 1.00. The molecule has 0 bridgehead atoms. The normalized spacial score (nSPS) is 17.5. The van der Waals surface area contributed by atoms with Crippen LogP contribution in [0.15, 0.2) is 0 Å². The Morgan fingerprint density at radius 2 is 0.210 bits per heavy atom. The van der Waals surface area contributed by atoms with E-state index in [2.05, 4.69) is 653 Å². The van der Waals surface area contributed by atoms with Crippen molar-refractivity contribution in [1.82, 2.24) is 0 Å². The molecule has 0 amide bonds. The van der Waals surface area contributed by atoms with Crippen molar-refractivity contribution in [3.8, 4) is 0 Å². The predicted molar refractivity (Wildman–Crippen MR) is 421 cm³/mol. The molecule has 0 saturated carbocycles. The molecule has 0 spiro atoms. The Bertz CT molecular complexity index is 1510. The summed E-state index contributed by atoms with van der Waals surface area (Å²) in [7, 11) is 0. The van der Waals surface area contributed by atoms with Crippen LogP contribution >= 0.6 is 653 Å². The third kappa shape index (κ3) is 13.6. The highest BCUT2D eigenvalue weighted by Gasteiger charge is 2.85. The van der Waals surface area contributed by atoms with Gasteiger partial charge in [0.25, 0.3) is 0 Å². The van der Waals surface area contributed by atoms with E-state index >= 15 is 0 Å². The molecule has 0 rings (SSSR count). The lowest BCUT2D eigenvalue weighted by atomic mass is 10.0. The highest BCUT2D eigenvalue weighted by molar-refractivity contribution is 9.43. The number of hydrogen-bond donors (Lipinski definition) is 0. The van der Waals surface area contributed by atoms with Gasteiger partial charge in [0.2, 0.25) is 3.42 Å². The zero-order chi connectivity index (χ0) is 52.0. The van der Waals surface area contributed by atoms with Crippen LogP contribution in [-0.4, -0.2) is 63.8 Å². The van der Waals surface area contributed by atoms with Crippen molar-refractivity contribution in [2.75, 3.05) is 0 Å². The zero-order valence-electron chi connectivity index (χ0n) is 25.9. The number of rotatable bonds is 18.